The molecule has 0 aliphatic rings. The van der Waals surface area contributed by atoms with Gasteiger partial charge in [0.2, 0.25) is 0 Å². The molecule has 2 heterocycles. The Morgan fingerprint density at radius 3 is 2.89 bits per heavy atom. The average Bonchev–Trinajstić information content (AvgIpc) is 2.71. The molecule has 0 unspecified atom stereocenters. The summed E-state index contributed by atoms with van der Waals surface area (Å²) >= 11 is 1.60. The Kier molecular flexibility index (Phi) is 4.19. The number of anilines is 1. The van der Waals surface area contributed by atoms with Gasteiger partial charge < -0.3 is 5.32 Å². The fraction of sp³-hybridized carbons (Fsp3) is 0.417. The molecule has 0 saturated carbocycles. The summed E-state index contributed by atoms with van der Waals surface area (Å²) in [5, 5.41) is 8.36. The first-order chi connectivity index (χ1) is 8.67. The quantitative estimate of drug-likeness (QED) is 0.840. The molecule has 0 fully saturated rings. The van der Waals surface area contributed by atoms with Crippen molar-refractivity contribution in [3.05, 3.63) is 24.3 Å². The molecule has 0 aliphatic heterocycles. The lowest BCUT2D eigenvalue weighted by atomic mass is 10.4. The van der Waals surface area contributed by atoms with Crippen LogP contribution in [-0.4, -0.2) is 26.3 Å². The minimum Gasteiger partial charge on any atom is -0.370 e. The number of nitrogens with zero attached hydrogens (tertiary/aromatic N) is 4. The Balaban J connectivity index is 2.14. The summed E-state index contributed by atoms with van der Waals surface area (Å²) < 4.78 is 1.78. The summed E-state index contributed by atoms with van der Waals surface area (Å²) in [6.07, 6.45) is 4.89. The van der Waals surface area contributed by atoms with Crippen molar-refractivity contribution < 1.29 is 0 Å². The highest BCUT2D eigenvalue weighted by molar-refractivity contribution is 7.99. The first kappa shape index (κ1) is 12.9. The Bertz CT molecular complexity index is 523. The minimum absolute atomic E-state index is 0.780. The van der Waals surface area contributed by atoms with Crippen LogP contribution in [0.5, 0.6) is 0 Å². The molecule has 0 atom stereocenters. The summed E-state index contributed by atoms with van der Waals surface area (Å²) in [7, 11) is 1.91. The molecule has 96 valence electrons. The predicted octanol–water partition coefficient (Wildman–Crippen LogP) is 2.49. The molecule has 0 amide bonds. The van der Waals surface area contributed by atoms with Crippen molar-refractivity contribution in [1.29, 1.82) is 0 Å². The standard InChI is InChI=1S/C12H17N5S/c1-4-5-13-11-6-12(16-9(2)15-11)18-10-7-14-17(3)8-10/h6-8H,4-5H2,1-3H3,(H,13,15,16). The number of rotatable bonds is 5. The van der Waals surface area contributed by atoms with E-state index in [-0.39, 0.29) is 0 Å². The Labute approximate surface area is 111 Å². The van der Waals surface area contributed by atoms with Crippen molar-refractivity contribution in [2.24, 2.45) is 7.05 Å². The lowest BCUT2D eigenvalue weighted by molar-refractivity contribution is 0.766. The van der Waals surface area contributed by atoms with Crippen LogP contribution < -0.4 is 5.32 Å². The van der Waals surface area contributed by atoms with E-state index >= 15 is 0 Å². The van der Waals surface area contributed by atoms with Gasteiger partial charge in [-0.25, -0.2) is 9.97 Å². The van der Waals surface area contributed by atoms with Gasteiger partial charge in [-0.05, 0) is 13.3 Å². The normalized spacial score (nSPS) is 10.6. The molecule has 18 heavy (non-hydrogen) atoms. The van der Waals surface area contributed by atoms with E-state index < -0.39 is 0 Å². The lowest BCUT2D eigenvalue weighted by Crippen LogP contribution is -2.04. The van der Waals surface area contributed by atoms with Crippen LogP contribution in [0, 0.1) is 6.92 Å². The highest BCUT2D eigenvalue weighted by atomic mass is 32.2. The monoisotopic (exact) mass is 263 g/mol. The fourth-order valence-electron chi connectivity index (χ4n) is 1.51. The molecule has 0 aliphatic carbocycles. The van der Waals surface area contributed by atoms with Crippen molar-refractivity contribution in [1.82, 2.24) is 19.7 Å². The van der Waals surface area contributed by atoms with Crippen molar-refractivity contribution >= 4 is 17.6 Å². The molecular formula is C12H17N5S. The fourth-order valence-corrected chi connectivity index (χ4v) is 2.40. The highest BCUT2D eigenvalue weighted by Crippen LogP contribution is 2.26. The van der Waals surface area contributed by atoms with E-state index in [0.29, 0.717) is 0 Å². The van der Waals surface area contributed by atoms with Crippen LogP contribution in [-0.2, 0) is 7.05 Å². The summed E-state index contributed by atoms with van der Waals surface area (Å²) in [6, 6.07) is 1.97. The Morgan fingerprint density at radius 1 is 1.39 bits per heavy atom. The Hall–Kier alpha value is -1.56. The molecule has 5 nitrogen and oxygen atoms in total. The van der Waals surface area contributed by atoms with Gasteiger partial charge in [-0.15, -0.1) is 0 Å². The highest BCUT2D eigenvalue weighted by Gasteiger charge is 2.05. The maximum Gasteiger partial charge on any atom is 0.130 e. The van der Waals surface area contributed by atoms with Gasteiger partial charge in [0.25, 0.3) is 0 Å². The molecule has 2 aromatic rings. The molecule has 6 heteroatoms. The average molecular weight is 263 g/mol. The van der Waals surface area contributed by atoms with Crippen LogP contribution in [0.2, 0.25) is 0 Å². The van der Waals surface area contributed by atoms with Gasteiger partial charge in [0.1, 0.15) is 16.7 Å². The largest absolute Gasteiger partial charge is 0.370 e. The molecule has 2 aromatic heterocycles. The molecule has 0 spiro atoms. The third-order valence-electron chi connectivity index (χ3n) is 2.27. The van der Waals surface area contributed by atoms with Crippen LogP contribution in [0.1, 0.15) is 19.2 Å². The van der Waals surface area contributed by atoms with E-state index in [0.717, 1.165) is 34.5 Å². The molecule has 0 aromatic carbocycles. The summed E-state index contributed by atoms with van der Waals surface area (Å²) in [5.41, 5.74) is 0. The molecular weight excluding hydrogens is 246 g/mol. The Morgan fingerprint density at radius 2 is 2.22 bits per heavy atom. The third-order valence-corrected chi connectivity index (χ3v) is 3.14. The van der Waals surface area contributed by atoms with E-state index in [2.05, 4.69) is 27.3 Å². The second kappa shape index (κ2) is 5.86. The zero-order valence-electron chi connectivity index (χ0n) is 10.8. The predicted molar refractivity (Wildman–Crippen MR) is 72.9 cm³/mol. The smallest absolute Gasteiger partial charge is 0.130 e. The van der Waals surface area contributed by atoms with Gasteiger partial charge in [-0.2, -0.15) is 5.10 Å². The molecule has 2 rings (SSSR count). The van der Waals surface area contributed by atoms with Crippen LogP contribution in [0.15, 0.2) is 28.4 Å². The van der Waals surface area contributed by atoms with Crippen LogP contribution >= 0.6 is 11.8 Å². The van der Waals surface area contributed by atoms with E-state index in [1.165, 1.54) is 0 Å². The maximum absolute atomic E-state index is 4.42. The lowest BCUT2D eigenvalue weighted by Gasteiger charge is -2.06. The number of aromatic nitrogens is 4. The molecule has 1 N–H and O–H groups in total. The third kappa shape index (κ3) is 3.46. The van der Waals surface area contributed by atoms with E-state index in [1.54, 1.807) is 16.4 Å². The number of hydrogen-bond acceptors (Lipinski definition) is 5. The van der Waals surface area contributed by atoms with Gasteiger partial charge in [0.15, 0.2) is 0 Å². The number of aryl methyl sites for hydroxylation is 2. The molecule has 0 saturated heterocycles. The summed E-state index contributed by atoms with van der Waals surface area (Å²) in [5.74, 6) is 1.67. The van der Waals surface area contributed by atoms with Crippen molar-refractivity contribution in [2.75, 3.05) is 11.9 Å². The zero-order chi connectivity index (χ0) is 13.0. The SMILES string of the molecule is CCCNc1cc(Sc2cnn(C)c2)nc(C)n1. The van der Waals surface area contributed by atoms with Gasteiger partial charge in [0, 0.05) is 25.9 Å². The number of hydrogen-bond donors (Lipinski definition) is 1. The van der Waals surface area contributed by atoms with E-state index in [4.69, 9.17) is 0 Å². The summed E-state index contributed by atoms with van der Waals surface area (Å²) in [6.45, 7) is 4.96. The van der Waals surface area contributed by atoms with Crippen molar-refractivity contribution in [3.8, 4) is 0 Å². The van der Waals surface area contributed by atoms with Crippen molar-refractivity contribution in [3.63, 3.8) is 0 Å². The zero-order valence-corrected chi connectivity index (χ0v) is 11.7. The molecule has 0 radical (unpaired) electrons. The van der Waals surface area contributed by atoms with Crippen LogP contribution in [0.3, 0.4) is 0 Å². The summed E-state index contributed by atoms with van der Waals surface area (Å²) in [4.78, 5) is 9.86. The first-order valence-corrected chi connectivity index (χ1v) is 6.75. The van der Waals surface area contributed by atoms with Gasteiger partial charge in [0.05, 0.1) is 11.1 Å². The van der Waals surface area contributed by atoms with E-state index in [9.17, 15) is 0 Å². The van der Waals surface area contributed by atoms with Crippen LogP contribution in [0.4, 0.5) is 5.82 Å². The van der Waals surface area contributed by atoms with E-state index in [1.807, 2.05) is 32.4 Å². The van der Waals surface area contributed by atoms with Gasteiger partial charge in [-0.3, -0.25) is 4.68 Å². The minimum atomic E-state index is 0.780. The van der Waals surface area contributed by atoms with Crippen molar-refractivity contribution in [2.45, 2.75) is 30.2 Å². The van der Waals surface area contributed by atoms with Crippen LogP contribution in [0.25, 0.3) is 0 Å². The first-order valence-electron chi connectivity index (χ1n) is 5.93. The maximum atomic E-state index is 4.42. The number of nitrogens with one attached hydrogen (secondary N) is 1. The second-order valence-electron chi connectivity index (χ2n) is 4.02. The molecule has 0 bridgehead atoms. The van der Waals surface area contributed by atoms with Gasteiger partial charge >= 0.3 is 0 Å². The van der Waals surface area contributed by atoms with Gasteiger partial charge in [-0.1, -0.05) is 18.7 Å². The topological polar surface area (TPSA) is 55.6 Å². The second-order valence-corrected chi connectivity index (χ2v) is 5.11.